The van der Waals surface area contributed by atoms with E-state index in [2.05, 4.69) is 27.2 Å². The predicted molar refractivity (Wildman–Crippen MR) is 78.0 cm³/mol. The molecular weight excluding hydrogens is 257 g/mol. The Morgan fingerprint density at radius 3 is 2.50 bits per heavy atom. The van der Waals surface area contributed by atoms with E-state index >= 15 is 0 Å². The molecule has 0 radical (unpaired) electrons. The van der Waals surface area contributed by atoms with Crippen molar-refractivity contribution in [1.29, 1.82) is 0 Å². The van der Waals surface area contributed by atoms with Gasteiger partial charge in [-0.25, -0.2) is 4.39 Å². The average Bonchev–Trinajstić information content (AvgIpc) is 2.88. The molecule has 0 amide bonds. The van der Waals surface area contributed by atoms with Crippen molar-refractivity contribution in [3.8, 4) is 0 Å². The SMILES string of the molecule is CCC(Nc1nc(N)nc(C(C)(C)F)n1)C1CCCC1. The number of alkyl halides is 1. The Hall–Kier alpha value is -1.46. The summed E-state index contributed by atoms with van der Waals surface area (Å²) in [5.74, 6) is 1.16. The van der Waals surface area contributed by atoms with Crippen molar-refractivity contribution in [2.24, 2.45) is 5.92 Å². The topological polar surface area (TPSA) is 76.7 Å². The standard InChI is InChI=1S/C14H24FN5/c1-4-10(9-7-5-6-8-9)17-13-19-11(14(2,3)15)18-12(16)20-13/h9-10H,4-8H2,1-3H3,(H3,16,17,18,19,20). The summed E-state index contributed by atoms with van der Waals surface area (Å²) < 4.78 is 14.0. The van der Waals surface area contributed by atoms with E-state index in [1.165, 1.54) is 39.5 Å². The lowest BCUT2D eigenvalue weighted by atomic mass is 9.96. The van der Waals surface area contributed by atoms with Crippen LogP contribution in [0.1, 0.15) is 58.7 Å². The zero-order valence-corrected chi connectivity index (χ0v) is 12.5. The number of aromatic nitrogens is 3. The molecule has 1 fully saturated rings. The molecule has 2 rings (SSSR count). The maximum absolute atomic E-state index is 14.0. The highest BCUT2D eigenvalue weighted by molar-refractivity contribution is 5.33. The third-order valence-corrected chi connectivity index (χ3v) is 3.91. The largest absolute Gasteiger partial charge is 0.368 e. The Bertz CT molecular complexity index is 451. The summed E-state index contributed by atoms with van der Waals surface area (Å²) in [6, 6.07) is 0.315. The van der Waals surface area contributed by atoms with Crippen molar-refractivity contribution < 1.29 is 4.39 Å². The highest BCUT2D eigenvalue weighted by atomic mass is 19.1. The van der Waals surface area contributed by atoms with E-state index in [0.29, 0.717) is 17.9 Å². The first-order valence-electron chi connectivity index (χ1n) is 7.37. The van der Waals surface area contributed by atoms with Gasteiger partial charge in [0, 0.05) is 6.04 Å². The second-order valence-electron chi connectivity index (χ2n) is 6.02. The molecule has 3 N–H and O–H groups in total. The third kappa shape index (κ3) is 3.55. The summed E-state index contributed by atoms with van der Waals surface area (Å²) in [5.41, 5.74) is 4.04. The van der Waals surface area contributed by atoms with Crippen LogP contribution in [0.15, 0.2) is 0 Å². The molecule has 1 unspecified atom stereocenters. The van der Waals surface area contributed by atoms with Crippen molar-refractivity contribution in [1.82, 2.24) is 15.0 Å². The molecule has 5 nitrogen and oxygen atoms in total. The first-order chi connectivity index (χ1) is 9.40. The maximum Gasteiger partial charge on any atom is 0.228 e. The van der Waals surface area contributed by atoms with Crippen LogP contribution in [0.3, 0.4) is 0 Å². The van der Waals surface area contributed by atoms with Gasteiger partial charge in [0.15, 0.2) is 11.5 Å². The van der Waals surface area contributed by atoms with Crippen LogP contribution in [-0.2, 0) is 5.67 Å². The first-order valence-corrected chi connectivity index (χ1v) is 7.37. The fourth-order valence-electron chi connectivity index (χ4n) is 2.80. The molecule has 0 aliphatic heterocycles. The highest BCUT2D eigenvalue weighted by Crippen LogP contribution is 2.30. The quantitative estimate of drug-likeness (QED) is 0.867. The van der Waals surface area contributed by atoms with E-state index in [9.17, 15) is 4.39 Å². The van der Waals surface area contributed by atoms with Gasteiger partial charge in [0.1, 0.15) is 0 Å². The lowest BCUT2D eigenvalue weighted by Gasteiger charge is -2.24. The maximum atomic E-state index is 14.0. The molecule has 1 aromatic rings. The summed E-state index contributed by atoms with van der Waals surface area (Å²) in [4.78, 5) is 12.1. The molecule has 0 saturated heterocycles. The van der Waals surface area contributed by atoms with Crippen LogP contribution in [0.4, 0.5) is 16.3 Å². The number of hydrogen-bond acceptors (Lipinski definition) is 5. The Morgan fingerprint density at radius 1 is 1.30 bits per heavy atom. The van der Waals surface area contributed by atoms with Gasteiger partial charge in [-0.3, -0.25) is 0 Å². The number of anilines is 2. The Morgan fingerprint density at radius 2 is 1.95 bits per heavy atom. The van der Waals surface area contributed by atoms with Gasteiger partial charge < -0.3 is 11.1 Å². The molecule has 1 aliphatic carbocycles. The van der Waals surface area contributed by atoms with Crippen LogP contribution >= 0.6 is 0 Å². The Labute approximate surface area is 119 Å². The zero-order valence-electron chi connectivity index (χ0n) is 12.5. The molecule has 1 aliphatic rings. The van der Waals surface area contributed by atoms with Crippen molar-refractivity contribution in [2.75, 3.05) is 11.1 Å². The molecule has 1 atom stereocenters. The van der Waals surface area contributed by atoms with E-state index in [-0.39, 0.29) is 11.8 Å². The van der Waals surface area contributed by atoms with Crippen molar-refractivity contribution in [3.63, 3.8) is 0 Å². The fourth-order valence-corrected chi connectivity index (χ4v) is 2.80. The fraction of sp³-hybridized carbons (Fsp3) is 0.786. The minimum atomic E-state index is -1.62. The number of rotatable bonds is 5. The number of nitrogens with two attached hydrogens (primary N) is 1. The summed E-state index contributed by atoms with van der Waals surface area (Å²) >= 11 is 0. The summed E-state index contributed by atoms with van der Waals surface area (Å²) in [6.07, 6.45) is 6.02. The Balaban J connectivity index is 2.17. The molecule has 1 heterocycles. The smallest absolute Gasteiger partial charge is 0.228 e. The van der Waals surface area contributed by atoms with Crippen LogP contribution in [0.2, 0.25) is 0 Å². The van der Waals surface area contributed by atoms with Crippen LogP contribution in [0.5, 0.6) is 0 Å². The number of nitrogens with one attached hydrogen (secondary N) is 1. The molecule has 6 heteroatoms. The lowest BCUT2D eigenvalue weighted by molar-refractivity contribution is 0.206. The van der Waals surface area contributed by atoms with Gasteiger partial charge in [-0.1, -0.05) is 19.8 Å². The van der Waals surface area contributed by atoms with Crippen LogP contribution in [0, 0.1) is 5.92 Å². The van der Waals surface area contributed by atoms with Gasteiger partial charge in [0.25, 0.3) is 0 Å². The summed E-state index contributed by atoms with van der Waals surface area (Å²) in [6.45, 7) is 4.97. The van der Waals surface area contributed by atoms with Gasteiger partial charge in [-0.2, -0.15) is 15.0 Å². The van der Waals surface area contributed by atoms with E-state index < -0.39 is 5.67 Å². The van der Waals surface area contributed by atoms with E-state index in [1.807, 2.05) is 0 Å². The van der Waals surface area contributed by atoms with Gasteiger partial charge in [0.2, 0.25) is 11.9 Å². The van der Waals surface area contributed by atoms with Gasteiger partial charge >= 0.3 is 0 Å². The molecule has 112 valence electrons. The van der Waals surface area contributed by atoms with Crippen LogP contribution < -0.4 is 11.1 Å². The molecule has 0 spiro atoms. The van der Waals surface area contributed by atoms with Crippen molar-refractivity contribution in [2.45, 2.75) is 64.6 Å². The second-order valence-corrected chi connectivity index (χ2v) is 6.02. The monoisotopic (exact) mass is 281 g/mol. The van der Waals surface area contributed by atoms with E-state index in [0.717, 1.165) is 6.42 Å². The number of halogens is 1. The minimum Gasteiger partial charge on any atom is -0.368 e. The Kier molecular flexibility index (Phi) is 4.40. The van der Waals surface area contributed by atoms with Gasteiger partial charge in [-0.05, 0) is 39.0 Å². The van der Waals surface area contributed by atoms with Crippen molar-refractivity contribution >= 4 is 11.9 Å². The molecule has 1 aromatic heterocycles. The second kappa shape index (κ2) is 5.89. The predicted octanol–water partition coefficient (Wildman–Crippen LogP) is 3.04. The molecule has 0 bridgehead atoms. The molecule has 0 aromatic carbocycles. The first kappa shape index (κ1) is 14.9. The van der Waals surface area contributed by atoms with E-state index in [1.54, 1.807) is 0 Å². The average molecular weight is 281 g/mol. The number of nitrogens with zero attached hydrogens (tertiary/aromatic N) is 3. The van der Waals surface area contributed by atoms with E-state index in [4.69, 9.17) is 5.73 Å². The van der Waals surface area contributed by atoms with Crippen LogP contribution in [0.25, 0.3) is 0 Å². The number of nitrogen functional groups attached to an aromatic ring is 1. The third-order valence-electron chi connectivity index (χ3n) is 3.91. The highest BCUT2D eigenvalue weighted by Gasteiger charge is 2.27. The lowest BCUT2D eigenvalue weighted by Crippen LogP contribution is -2.29. The van der Waals surface area contributed by atoms with Crippen LogP contribution in [-0.4, -0.2) is 21.0 Å². The summed E-state index contributed by atoms with van der Waals surface area (Å²) in [7, 11) is 0. The summed E-state index contributed by atoms with van der Waals surface area (Å²) in [5, 5.41) is 3.32. The van der Waals surface area contributed by atoms with Gasteiger partial charge in [-0.15, -0.1) is 0 Å². The molecule has 20 heavy (non-hydrogen) atoms. The number of hydrogen-bond donors (Lipinski definition) is 2. The van der Waals surface area contributed by atoms with Crippen molar-refractivity contribution in [3.05, 3.63) is 5.82 Å². The normalized spacial score (nSPS) is 18.2. The molecule has 1 saturated carbocycles. The zero-order chi connectivity index (χ0) is 14.8. The minimum absolute atomic E-state index is 0.0597. The van der Waals surface area contributed by atoms with Gasteiger partial charge in [0.05, 0.1) is 0 Å². The molecular formula is C14H24FN5.